The number of anilines is 1. The molecule has 0 saturated carbocycles. The predicted octanol–water partition coefficient (Wildman–Crippen LogP) is 4.18. The van der Waals surface area contributed by atoms with Gasteiger partial charge < -0.3 is 24.2 Å². The van der Waals surface area contributed by atoms with Crippen molar-refractivity contribution < 1.29 is 28.9 Å². The highest BCUT2D eigenvalue weighted by Crippen LogP contribution is 2.59. The molecule has 2 atom stereocenters. The Morgan fingerprint density at radius 3 is 2.70 bits per heavy atom. The standard InChI is InChI=1S/C26H21NO6/c1-31-14-16-11-12-27(16)20-6-4-8-22-23(20)26(18-5-2-3-7-21(18)32-22)19-13-15(24(28)29)9-10-17(19)25(30)33-26/h2-10,13,16H,11-12,14H2,1H3,(H,28,29)/t16-,26?/m1/s1. The third-order valence-corrected chi connectivity index (χ3v) is 6.77. The molecule has 3 aliphatic heterocycles. The van der Waals surface area contributed by atoms with Crippen molar-refractivity contribution in [2.75, 3.05) is 25.2 Å². The van der Waals surface area contributed by atoms with Gasteiger partial charge in [-0.15, -0.1) is 0 Å². The van der Waals surface area contributed by atoms with E-state index in [-0.39, 0.29) is 11.6 Å². The van der Waals surface area contributed by atoms with Crippen LogP contribution in [0.3, 0.4) is 0 Å². The highest BCUT2D eigenvalue weighted by molar-refractivity contribution is 5.99. The van der Waals surface area contributed by atoms with Crippen LogP contribution >= 0.6 is 0 Å². The number of carbonyl (C=O) groups excluding carboxylic acids is 1. The van der Waals surface area contributed by atoms with Crippen molar-refractivity contribution in [1.29, 1.82) is 0 Å². The van der Waals surface area contributed by atoms with Crippen molar-refractivity contribution in [3.63, 3.8) is 0 Å². The largest absolute Gasteiger partial charge is 0.478 e. The first kappa shape index (κ1) is 19.8. The number of esters is 1. The highest BCUT2D eigenvalue weighted by atomic mass is 16.6. The molecule has 0 amide bonds. The smallest absolute Gasteiger partial charge is 0.340 e. The van der Waals surface area contributed by atoms with Gasteiger partial charge >= 0.3 is 11.9 Å². The summed E-state index contributed by atoms with van der Waals surface area (Å²) in [6, 6.07) is 17.9. The molecule has 33 heavy (non-hydrogen) atoms. The van der Waals surface area contributed by atoms with Crippen molar-refractivity contribution >= 4 is 17.6 Å². The number of ether oxygens (including phenoxy) is 3. The minimum atomic E-state index is -1.31. The van der Waals surface area contributed by atoms with Crippen molar-refractivity contribution in [3.8, 4) is 11.5 Å². The fraction of sp³-hybridized carbons (Fsp3) is 0.231. The molecule has 0 aromatic heterocycles. The van der Waals surface area contributed by atoms with Gasteiger partial charge in [-0.2, -0.15) is 0 Å². The molecule has 3 heterocycles. The SMILES string of the molecule is COC[C@H]1CCN1c1cccc2c1C1(OC(=O)c3ccc(C(=O)O)cc31)c1ccccc1O2. The van der Waals surface area contributed by atoms with Crippen LogP contribution in [-0.4, -0.2) is 43.3 Å². The first-order chi connectivity index (χ1) is 16.0. The van der Waals surface area contributed by atoms with Crippen LogP contribution in [-0.2, 0) is 15.1 Å². The zero-order valence-corrected chi connectivity index (χ0v) is 17.9. The van der Waals surface area contributed by atoms with Crippen LogP contribution in [0.25, 0.3) is 0 Å². The molecule has 1 unspecified atom stereocenters. The van der Waals surface area contributed by atoms with E-state index in [4.69, 9.17) is 14.2 Å². The number of carboxylic acid groups (broad SMARTS) is 1. The van der Waals surface area contributed by atoms with E-state index in [0.717, 1.165) is 18.7 Å². The van der Waals surface area contributed by atoms with E-state index in [1.165, 1.54) is 12.1 Å². The molecule has 6 rings (SSSR count). The fourth-order valence-corrected chi connectivity index (χ4v) is 5.20. The molecular formula is C26H21NO6. The van der Waals surface area contributed by atoms with Crippen LogP contribution in [0.2, 0.25) is 0 Å². The summed E-state index contributed by atoms with van der Waals surface area (Å²) in [5, 5.41) is 9.67. The monoisotopic (exact) mass is 443 g/mol. The predicted molar refractivity (Wildman–Crippen MR) is 119 cm³/mol. The number of hydrogen-bond donors (Lipinski definition) is 1. The number of para-hydroxylation sites is 1. The Hall–Kier alpha value is -3.84. The average molecular weight is 443 g/mol. The molecule has 3 aromatic rings. The second kappa shape index (κ2) is 7.08. The molecule has 1 fully saturated rings. The Labute approximate surface area is 190 Å². The molecule has 1 spiro atoms. The Morgan fingerprint density at radius 1 is 1.12 bits per heavy atom. The van der Waals surface area contributed by atoms with Crippen molar-refractivity contribution in [1.82, 2.24) is 0 Å². The molecule has 1 N–H and O–H groups in total. The Morgan fingerprint density at radius 2 is 1.94 bits per heavy atom. The van der Waals surface area contributed by atoms with E-state index in [1.807, 2.05) is 42.5 Å². The average Bonchev–Trinajstić information content (AvgIpc) is 3.09. The number of nitrogens with zero attached hydrogens (tertiary/aromatic N) is 1. The summed E-state index contributed by atoms with van der Waals surface area (Å²) in [5.74, 6) is -0.406. The molecule has 7 nitrogen and oxygen atoms in total. The summed E-state index contributed by atoms with van der Waals surface area (Å²) in [5.41, 5.74) is 1.91. The number of rotatable bonds is 4. The van der Waals surface area contributed by atoms with E-state index in [0.29, 0.717) is 40.4 Å². The van der Waals surface area contributed by atoms with Gasteiger partial charge in [-0.25, -0.2) is 9.59 Å². The molecule has 1 saturated heterocycles. The molecule has 166 valence electrons. The summed E-state index contributed by atoms with van der Waals surface area (Å²) in [6.07, 6.45) is 0.988. The lowest BCUT2D eigenvalue weighted by Crippen LogP contribution is -2.51. The Bertz CT molecular complexity index is 1320. The number of fused-ring (bicyclic) bond motifs is 6. The molecule has 0 radical (unpaired) electrons. The lowest BCUT2D eigenvalue weighted by molar-refractivity contribution is 0.0224. The van der Waals surface area contributed by atoms with Gasteiger partial charge in [0.25, 0.3) is 0 Å². The highest BCUT2D eigenvalue weighted by Gasteiger charge is 2.55. The van der Waals surface area contributed by atoms with Gasteiger partial charge in [-0.1, -0.05) is 24.3 Å². The quantitative estimate of drug-likeness (QED) is 0.606. The van der Waals surface area contributed by atoms with E-state index < -0.39 is 17.5 Å². The molecule has 3 aliphatic rings. The molecule has 0 bridgehead atoms. The first-order valence-corrected chi connectivity index (χ1v) is 10.8. The normalized spacial score (nSPS) is 22.0. The van der Waals surface area contributed by atoms with Gasteiger partial charge in [0.1, 0.15) is 11.5 Å². The number of benzene rings is 3. The van der Waals surface area contributed by atoms with Crippen LogP contribution in [0.1, 0.15) is 43.8 Å². The van der Waals surface area contributed by atoms with Crippen LogP contribution < -0.4 is 9.64 Å². The molecule has 3 aromatic carbocycles. The zero-order chi connectivity index (χ0) is 22.7. The van der Waals surface area contributed by atoms with Crippen molar-refractivity contribution in [3.05, 3.63) is 88.5 Å². The van der Waals surface area contributed by atoms with E-state index >= 15 is 0 Å². The van der Waals surface area contributed by atoms with Crippen molar-refractivity contribution in [2.24, 2.45) is 0 Å². The maximum Gasteiger partial charge on any atom is 0.340 e. The number of carbonyl (C=O) groups is 2. The first-order valence-electron chi connectivity index (χ1n) is 10.8. The number of aromatic carboxylic acids is 1. The number of methoxy groups -OCH3 is 1. The van der Waals surface area contributed by atoms with Crippen LogP contribution in [0.15, 0.2) is 60.7 Å². The summed E-state index contributed by atoms with van der Waals surface area (Å²) < 4.78 is 17.9. The summed E-state index contributed by atoms with van der Waals surface area (Å²) in [6.45, 7) is 1.41. The van der Waals surface area contributed by atoms with Crippen LogP contribution in [0.5, 0.6) is 11.5 Å². The van der Waals surface area contributed by atoms with E-state index in [1.54, 1.807) is 13.2 Å². The topological polar surface area (TPSA) is 85.3 Å². The molecule has 7 heteroatoms. The van der Waals surface area contributed by atoms with Gasteiger partial charge in [0, 0.05) is 30.5 Å². The molecular weight excluding hydrogens is 422 g/mol. The zero-order valence-electron chi connectivity index (χ0n) is 17.9. The minimum Gasteiger partial charge on any atom is -0.478 e. The van der Waals surface area contributed by atoms with Crippen LogP contribution in [0.4, 0.5) is 5.69 Å². The number of carboxylic acids is 1. The maximum absolute atomic E-state index is 13.1. The summed E-state index contributed by atoms with van der Waals surface area (Å²) >= 11 is 0. The Kier molecular flexibility index (Phi) is 4.25. The second-order valence-electron chi connectivity index (χ2n) is 8.48. The fourth-order valence-electron chi connectivity index (χ4n) is 5.20. The number of hydrogen-bond acceptors (Lipinski definition) is 6. The summed E-state index contributed by atoms with van der Waals surface area (Å²) in [7, 11) is 1.68. The summed E-state index contributed by atoms with van der Waals surface area (Å²) in [4.78, 5) is 27.2. The van der Waals surface area contributed by atoms with Crippen molar-refractivity contribution in [2.45, 2.75) is 18.1 Å². The lowest BCUT2D eigenvalue weighted by Gasteiger charge is -2.46. The second-order valence-corrected chi connectivity index (χ2v) is 8.48. The van der Waals surface area contributed by atoms with Gasteiger partial charge in [-0.05, 0) is 42.8 Å². The van der Waals surface area contributed by atoms with E-state index in [2.05, 4.69) is 4.90 Å². The van der Waals surface area contributed by atoms with Crippen LogP contribution in [0, 0.1) is 0 Å². The lowest BCUT2D eigenvalue weighted by atomic mass is 9.76. The van der Waals surface area contributed by atoms with Gasteiger partial charge in [0.15, 0.2) is 5.60 Å². The van der Waals surface area contributed by atoms with Gasteiger partial charge in [0.2, 0.25) is 0 Å². The minimum absolute atomic E-state index is 0.0932. The third-order valence-electron chi connectivity index (χ3n) is 6.77. The van der Waals surface area contributed by atoms with Gasteiger partial charge in [-0.3, -0.25) is 0 Å². The molecule has 0 aliphatic carbocycles. The van der Waals surface area contributed by atoms with Gasteiger partial charge in [0.05, 0.1) is 29.3 Å². The Balaban J connectivity index is 1.67. The van der Waals surface area contributed by atoms with E-state index in [9.17, 15) is 14.7 Å². The third kappa shape index (κ3) is 2.66. The maximum atomic E-state index is 13.1.